The van der Waals surface area contributed by atoms with E-state index in [1.807, 2.05) is 19.1 Å². The highest BCUT2D eigenvalue weighted by Gasteiger charge is 2.01. The first-order chi connectivity index (χ1) is 9.22. The molecule has 0 heterocycles. The molecular formula is C17H22O2. The van der Waals surface area contributed by atoms with Crippen LogP contribution >= 0.6 is 0 Å². The molecule has 0 aliphatic carbocycles. The van der Waals surface area contributed by atoms with E-state index in [0.29, 0.717) is 19.4 Å². The fourth-order valence-electron chi connectivity index (χ4n) is 1.72. The predicted octanol–water partition coefficient (Wildman–Crippen LogP) is 4.07. The quantitative estimate of drug-likeness (QED) is 0.519. The molecule has 0 spiro atoms. The second kappa shape index (κ2) is 9.15. The van der Waals surface area contributed by atoms with Crippen molar-refractivity contribution in [2.24, 2.45) is 0 Å². The van der Waals surface area contributed by atoms with Crippen molar-refractivity contribution in [2.75, 3.05) is 6.61 Å². The minimum absolute atomic E-state index is 0.152. The van der Waals surface area contributed by atoms with E-state index in [2.05, 4.69) is 36.9 Å². The van der Waals surface area contributed by atoms with Gasteiger partial charge in [0.1, 0.15) is 0 Å². The number of esters is 1. The highest BCUT2D eigenvalue weighted by Crippen LogP contribution is 2.08. The molecule has 102 valence electrons. The van der Waals surface area contributed by atoms with Gasteiger partial charge in [-0.3, -0.25) is 4.79 Å². The first-order valence-corrected chi connectivity index (χ1v) is 6.76. The van der Waals surface area contributed by atoms with Gasteiger partial charge in [-0.1, -0.05) is 54.6 Å². The Hall–Kier alpha value is -1.83. The van der Waals surface area contributed by atoms with Gasteiger partial charge in [-0.2, -0.15) is 0 Å². The lowest BCUT2D eigenvalue weighted by atomic mass is 10.1. The van der Waals surface area contributed by atoms with Gasteiger partial charge >= 0.3 is 5.97 Å². The molecule has 0 aliphatic heterocycles. The number of hydrogen-bond acceptors (Lipinski definition) is 2. The summed E-state index contributed by atoms with van der Waals surface area (Å²) >= 11 is 0. The van der Waals surface area contributed by atoms with E-state index in [-0.39, 0.29) is 5.97 Å². The summed E-state index contributed by atoms with van der Waals surface area (Å²) in [6.45, 7) is 6.20. The lowest BCUT2D eigenvalue weighted by Gasteiger charge is -2.01. The summed E-state index contributed by atoms with van der Waals surface area (Å²) in [6, 6.07) is 10.4. The van der Waals surface area contributed by atoms with Crippen molar-refractivity contribution in [2.45, 2.75) is 32.6 Å². The van der Waals surface area contributed by atoms with Crippen LogP contribution in [0.25, 0.3) is 0 Å². The van der Waals surface area contributed by atoms with Gasteiger partial charge in [-0.05, 0) is 31.7 Å². The topological polar surface area (TPSA) is 26.3 Å². The number of benzene rings is 1. The Morgan fingerprint density at radius 2 is 2.00 bits per heavy atom. The summed E-state index contributed by atoms with van der Waals surface area (Å²) < 4.78 is 4.87. The zero-order valence-corrected chi connectivity index (χ0v) is 11.6. The Kier molecular flexibility index (Phi) is 7.33. The van der Waals surface area contributed by atoms with E-state index in [4.69, 9.17) is 4.74 Å². The highest BCUT2D eigenvalue weighted by molar-refractivity contribution is 5.69. The average molecular weight is 258 g/mol. The molecule has 1 aromatic rings. The Bertz CT molecular complexity index is 418. The van der Waals surface area contributed by atoms with Crippen LogP contribution in [-0.2, 0) is 16.0 Å². The maximum atomic E-state index is 11.2. The van der Waals surface area contributed by atoms with Gasteiger partial charge in [0.15, 0.2) is 0 Å². The summed E-state index contributed by atoms with van der Waals surface area (Å²) in [5.74, 6) is -0.152. The Labute approximate surface area is 115 Å². The summed E-state index contributed by atoms with van der Waals surface area (Å²) in [5, 5.41) is 0. The van der Waals surface area contributed by atoms with Crippen LogP contribution in [0, 0.1) is 0 Å². The van der Waals surface area contributed by atoms with Crippen LogP contribution < -0.4 is 0 Å². The highest BCUT2D eigenvalue weighted by atomic mass is 16.5. The van der Waals surface area contributed by atoms with Crippen LogP contribution in [0.15, 0.2) is 54.6 Å². The SMILES string of the molecule is C=C(/C=C/CCc1ccccc1)CCC(=O)OCC. The van der Waals surface area contributed by atoms with E-state index >= 15 is 0 Å². The average Bonchev–Trinajstić information content (AvgIpc) is 2.43. The molecule has 0 aromatic heterocycles. The van der Waals surface area contributed by atoms with Crippen molar-refractivity contribution in [3.8, 4) is 0 Å². The van der Waals surface area contributed by atoms with E-state index in [1.54, 1.807) is 0 Å². The molecule has 0 saturated carbocycles. The van der Waals surface area contributed by atoms with Crippen molar-refractivity contribution >= 4 is 5.97 Å². The largest absolute Gasteiger partial charge is 0.466 e. The Morgan fingerprint density at radius 3 is 2.68 bits per heavy atom. The number of rotatable bonds is 8. The molecular weight excluding hydrogens is 236 g/mol. The number of carbonyl (C=O) groups is 1. The summed E-state index contributed by atoms with van der Waals surface area (Å²) in [6.07, 6.45) is 7.21. The molecule has 0 N–H and O–H groups in total. The van der Waals surface area contributed by atoms with Crippen molar-refractivity contribution in [1.29, 1.82) is 0 Å². The molecule has 19 heavy (non-hydrogen) atoms. The van der Waals surface area contributed by atoms with Gasteiger partial charge in [-0.25, -0.2) is 0 Å². The van der Waals surface area contributed by atoms with Crippen LogP contribution in [0.1, 0.15) is 31.7 Å². The van der Waals surface area contributed by atoms with Crippen molar-refractivity contribution in [3.05, 3.63) is 60.2 Å². The third-order valence-corrected chi connectivity index (χ3v) is 2.75. The predicted molar refractivity (Wildman–Crippen MR) is 78.9 cm³/mol. The summed E-state index contributed by atoms with van der Waals surface area (Å²) in [5.41, 5.74) is 2.31. The summed E-state index contributed by atoms with van der Waals surface area (Å²) in [4.78, 5) is 11.2. The molecule has 0 bridgehead atoms. The number of allylic oxidation sites excluding steroid dienone is 3. The minimum Gasteiger partial charge on any atom is -0.466 e. The van der Waals surface area contributed by atoms with Crippen LogP contribution in [0.2, 0.25) is 0 Å². The summed E-state index contributed by atoms with van der Waals surface area (Å²) in [7, 11) is 0. The fraction of sp³-hybridized carbons (Fsp3) is 0.353. The minimum atomic E-state index is -0.152. The lowest BCUT2D eigenvalue weighted by molar-refractivity contribution is -0.143. The molecule has 0 fully saturated rings. The molecule has 0 amide bonds. The van der Waals surface area contributed by atoms with E-state index in [9.17, 15) is 4.79 Å². The Morgan fingerprint density at radius 1 is 1.26 bits per heavy atom. The van der Waals surface area contributed by atoms with E-state index in [0.717, 1.165) is 18.4 Å². The standard InChI is InChI=1S/C17H22O2/c1-3-19-17(18)14-13-15(2)9-7-8-12-16-10-5-4-6-11-16/h4-7,9-11H,2-3,8,12-14H2,1H3/b9-7+. The van der Waals surface area contributed by atoms with Gasteiger partial charge in [0.2, 0.25) is 0 Å². The van der Waals surface area contributed by atoms with Gasteiger partial charge in [0.05, 0.1) is 6.61 Å². The smallest absolute Gasteiger partial charge is 0.306 e. The third-order valence-electron chi connectivity index (χ3n) is 2.75. The van der Waals surface area contributed by atoms with Crippen LogP contribution in [0.5, 0.6) is 0 Å². The monoisotopic (exact) mass is 258 g/mol. The Balaban J connectivity index is 2.18. The van der Waals surface area contributed by atoms with Crippen LogP contribution in [0.3, 0.4) is 0 Å². The first kappa shape index (κ1) is 15.2. The first-order valence-electron chi connectivity index (χ1n) is 6.76. The van der Waals surface area contributed by atoms with E-state index < -0.39 is 0 Å². The van der Waals surface area contributed by atoms with Gasteiger partial charge in [0.25, 0.3) is 0 Å². The van der Waals surface area contributed by atoms with Crippen LogP contribution in [0.4, 0.5) is 0 Å². The maximum Gasteiger partial charge on any atom is 0.306 e. The van der Waals surface area contributed by atoms with Crippen molar-refractivity contribution in [1.82, 2.24) is 0 Å². The zero-order chi connectivity index (χ0) is 13.9. The van der Waals surface area contributed by atoms with Crippen molar-refractivity contribution in [3.63, 3.8) is 0 Å². The molecule has 0 radical (unpaired) electrons. The number of hydrogen-bond donors (Lipinski definition) is 0. The molecule has 2 heteroatoms. The molecule has 2 nitrogen and oxygen atoms in total. The molecule has 1 aromatic carbocycles. The maximum absolute atomic E-state index is 11.2. The normalized spacial score (nSPS) is 10.6. The number of aryl methyl sites for hydroxylation is 1. The molecule has 0 aliphatic rings. The zero-order valence-electron chi connectivity index (χ0n) is 11.6. The van der Waals surface area contributed by atoms with Crippen LogP contribution in [-0.4, -0.2) is 12.6 Å². The molecule has 0 atom stereocenters. The molecule has 0 unspecified atom stereocenters. The van der Waals surface area contributed by atoms with Gasteiger partial charge < -0.3 is 4.74 Å². The number of ether oxygens (including phenoxy) is 1. The lowest BCUT2D eigenvalue weighted by Crippen LogP contribution is -2.03. The van der Waals surface area contributed by atoms with E-state index in [1.165, 1.54) is 5.56 Å². The third kappa shape index (κ3) is 7.24. The second-order valence-electron chi connectivity index (χ2n) is 4.39. The van der Waals surface area contributed by atoms with Gasteiger partial charge in [0, 0.05) is 6.42 Å². The second-order valence-corrected chi connectivity index (χ2v) is 4.39. The van der Waals surface area contributed by atoms with Gasteiger partial charge in [-0.15, -0.1) is 0 Å². The number of carbonyl (C=O) groups excluding carboxylic acids is 1. The fourth-order valence-corrected chi connectivity index (χ4v) is 1.72. The van der Waals surface area contributed by atoms with Crippen molar-refractivity contribution < 1.29 is 9.53 Å². The molecule has 0 saturated heterocycles. The molecule has 1 rings (SSSR count).